The molecule has 0 aliphatic rings. The van der Waals surface area contributed by atoms with Crippen LogP contribution in [-0.4, -0.2) is 11.5 Å². The van der Waals surface area contributed by atoms with Crippen LogP contribution in [0.4, 0.5) is 0 Å². The molecule has 0 aliphatic heterocycles. The van der Waals surface area contributed by atoms with Crippen molar-refractivity contribution in [1.29, 1.82) is 0 Å². The van der Waals surface area contributed by atoms with E-state index in [1.165, 1.54) is 21.9 Å². The van der Waals surface area contributed by atoms with Gasteiger partial charge in [-0.1, -0.05) is 25.1 Å². The molecule has 0 saturated heterocycles. The molecule has 102 valence electrons. The van der Waals surface area contributed by atoms with Crippen LogP contribution in [-0.2, 0) is 0 Å². The minimum atomic E-state index is 0.216. The van der Waals surface area contributed by atoms with Gasteiger partial charge >= 0.3 is 0 Å². The van der Waals surface area contributed by atoms with Crippen LogP contribution in [0.3, 0.4) is 0 Å². The van der Waals surface area contributed by atoms with Gasteiger partial charge in [-0.2, -0.15) is 0 Å². The van der Waals surface area contributed by atoms with E-state index in [0.717, 1.165) is 10.3 Å². The second kappa shape index (κ2) is 6.04. The lowest BCUT2D eigenvalue weighted by Gasteiger charge is -2.19. The summed E-state index contributed by atoms with van der Waals surface area (Å²) in [6.45, 7) is 3.07. The predicted octanol–water partition coefficient (Wildman–Crippen LogP) is 4.76. The van der Waals surface area contributed by atoms with Crippen molar-refractivity contribution in [2.45, 2.75) is 13.0 Å². The van der Waals surface area contributed by atoms with Gasteiger partial charge in [-0.25, -0.2) is 0 Å². The molecule has 0 fully saturated rings. The molecule has 0 bridgehead atoms. The van der Waals surface area contributed by atoms with Crippen molar-refractivity contribution in [3.8, 4) is 0 Å². The van der Waals surface area contributed by atoms with Crippen LogP contribution >= 0.6 is 27.3 Å². The Morgan fingerprint density at radius 2 is 2.25 bits per heavy atom. The first-order chi connectivity index (χ1) is 9.79. The standard InChI is InChI=1S/C16H15BrN2S/c1-2-19-16(12-8-15(17)20-10-12)14-5-3-4-11-9-18-7-6-13(11)14/h3-10,16,19H,2H2,1H3. The summed E-state index contributed by atoms with van der Waals surface area (Å²) in [6.07, 6.45) is 3.78. The zero-order valence-corrected chi connectivity index (χ0v) is 13.5. The number of nitrogens with zero attached hydrogens (tertiary/aromatic N) is 1. The molecule has 1 aromatic carbocycles. The average molecular weight is 347 g/mol. The highest BCUT2D eigenvalue weighted by Gasteiger charge is 2.16. The number of thiophene rings is 1. The lowest BCUT2D eigenvalue weighted by Crippen LogP contribution is -2.21. The first kappa shape index (κ1) is 13.7. The fourth-order valence-electron chi connectivity index (χ4n) is 2.49. The van der Waals surface area contributed by atoms with E-state index < -0.39 is 0 Å². The third kappa shape index (κ3) is 2.64. The number of fused-ring (bicyclic) bond motifs is 1. The van der Waals surface area contributed by atoms with Crippen LogP contribution in [0.1, 0.15) is 24.1 Å². The molecule has 20 heavy (non-hydrogen) atoms. The SMILES string of the molecule is CCNC(c1csc(Br)c1)c1cccc2cnccc12. The van der Waals surface area contributed by atoms with Gasteiger partial charge in [-0.05, 0) is 56.5 Å². The number of nitrogens with one attached hydrogen (secondary N) is 1. The molecule has 0 aliphatic carbocycles. The number of hydrogen-bond acceptors (Lipinski definition) is 3. The van der Waals surface area contributed by atoms with Crippen molar-refractivity contribution in [1.82, 2.24) is 10.3 Å². The molecule has 0 saturated carbocycles. The van der Waals surface area contributed by atoms with Gasteiger partial charge in [0.1, 0.15) is 0 Å². The van der Waals surface area contributed by atoms with Crippen molar-refractivity contribution in [3.63, 3.8) is 0 Å². The number of hydrogen-bond donors (Lipinski definition) is 1. The molecule has 0 spiro atoms. The average Bonchev–Trinajstić information content (AvgIpc) is 2.91. The second-order valence-corrected chi connectivity index (χ2v) is 6.91. The van der Waals surface area contributed by atoms with Crippen molar-refractivity contribution >= 4 is 38.0 Å². The first-order valence-corrected chi connectivity index (χ1v) is 8.27. The largest absolute Gasteiger partial charge is 0.306 e. The number of benzene rings is 1. The maximum atomic E-state index is 4.21. The predicted molar refractivity (Wildman–Crippen MR) is 89.3 cm³/mol. The molecular formula is C16H15BrN2S. The Hall–Kier alpha value is -1.23. The number of halogens is 1. The van der Waals surface area contributed by atoms with Crippen LogP contribution in [0.25, 0.3) is 10.8 Å². The van der Waals surface area contributed by atoms with Crippen LogP contribution in [0.2, 0.25) is 0 Å². The van der Waals surface area contributed by atoms with E-state index in [4.69, 9.17) is 0 Å². The smallest absolute Gasteiger partial charge is 0.0701 e. The molecule has 2 heterocycles. The van der Waals surface area contributed by atoms with Crippen molar-refractivity contribution in [2.24, 2.45) is 0 Å². The highest BCUT2D eigenvalue weighted by Crippen LogP contribution is 2.32. The highest BCUT2D eigenvalue weighted by atomic mass is 79.9. The van der Waals surface area contributed by atoms with Crippen LogP contribution in [0.15, 0.2) is 51.9 Å². The van der Waals surface area contributed by atoms with Gasteiger partial charge in [-0.15, -0.1) is 11.3 Å². The van der Waals surface area contributed by atoms with Gasteiger partial charge in [0.2, 0.25) is 0 Å². The molecule has 4 heteroatoms. The van der Waals surface area contributed by atoms with Gasteiger partial charge in [-0.3, -0.25) is 4.98 Å². The Bertz CT molecular complexity index is 718. The van der Waals surface area contributed by atoms with E-state index in [1.807, 2.05) is 12.4 Å². The van der Waals surface area contributed by atoms with Gasteiger partial charge in [0.05, 0.1) is 9.83 Å². The summed E-state index contributed by atoms with van der Waals surface area (Å²) < 4.78 is 1.16. The maximum absolute atomic E-state index is 4.21. The third-order valence-electron chi connectivity index (χ3n) is 3.35. The van der Waals surface area contributed by atoms with Gasteiger partial charge in [0.15, 0.2) is 0 Å². The van der Waals surface area contributed by atoms with Gasteiger partial charge in [0.25, 0.3) is 0 Å². The Morgan fingerprint density at radius 1 is 1.35 bits per heavy atom. The summed E-state index contributed by atoms with van der Waals surface area (Å²) in [7, 11) is 0. The van der Waals surface area contributed by atoms with Crippen molar-refractivity contribution in [2.75, 3.05) is 6.54 Å². The van der Waals surface area contributed by atoms with Crippen LogP contribution in [0.5, 0.6) is 0 Å². The molecule has 2 aromatic heterocycles. The highest BCUT2D eigenvalue weighted by molar-refractivity contribution is 9.11. The Labute approximate surface area is 131 Å². The summed E-state index contributed by atoms with van der Waals surface area (Å²) in [6, 6.07) is 10.9. The molecule has 1 unspecified atom stereocenters. The molecule has 2 nitrogen and oxygen atoms in total. The van der Waals surface area contributed by atoms with E-state index in [2.05, 4.69) is 68.9 Å². The zero-order chi connectivity index (χ0) is 13.9. The Morgan fingerprint density at radius 3 is 3.00 bits per heavy atom. The topological polar surface area (TPSA) is 24.9 Å². The third-order valence-corrected chi connectivity index (χ3v) is 4.88. The summed E-state index contributed by atoms with van der Waals surface area (Å²) in [4.78, 5) is 4.21. The van der Waals surface area contributed by atoms with E-state index in [9.17, 15) is 0 Å². The normalized spacial score (nSPS) is 12.7. The van der Waals surface area contributed by atoms with E-state index in [1.54, 1.807) is 11.3 Å². The van der Waals surface area contributed by atoms with E-state index in [0.29, 0.717) is 0 Å². The van der Waals surface area contributed by atoms with Gasteiger partial charge in [0, 0.05) is 17.8 Å². The molecule has 0 amide bonds. The van der Waals surface area contributed by atoms with E-state index in [-0.39, 0.29) is 6.04 Å². The van der Waals surface area contributed by atoms with Crippen LogP contribution in [0, 0.1) is 0 Å². The van der Waals surface area contributed by atoms with E-state index >= 15 is 0 Å². The number of aromatic nitrogens is 1. The number of pyridine rings is 1. The molecular weight excluding hydrogens is 332 g/mol. The molecule has 1 N–H and O–H groups in total. The van der Waals surface area contributed by atoms with Crippen molar-refractivity contribution < 1.29 is 0 Å². The van der Waals surface area contributed by atoms with Crippen molar-refractivity contribution in [3.05, 3.63) is 63.0 Å². The monoisotopic (exact) mass is 346 g/mol. The fourth-order valence-corrected chi connectivity index (χ4v) is 3.69. The van der Waals surface area contributed by atoms with Crippen LogP contribution < -0.4 is 5.32 Å². The maximum Gasteiger partial charge on any atom is 0.0701 e. The minimum absolute atomic E-state index is 0.216. The number of rotatable bonds is 4. The molecule has 0 radical (unpaired) electrons. The second-order valence-electron chi connectivity index (χ2n) is 4.62. The lowest BCUT2D eigenvalue weighted by molar-refractivity contribution is 0.636. The molecule has 3 aromatic rings. The minimum Gasteiger partial charge on any atom is -0.306 e. The summed E-state index contributed by atoms with van der Waals surface area (Å²) >= 11 is 5.28. The Kier molecular flexibility index (Phi) is 4.15. The summed E-state index contributed by atoms with van der Waals surface area (Å²) in [5.41, 5.74) is 2.60. The summed E-state index contributed by atoms with van der Waals surface area (Å²) in [5.74, 6) is 0. The Balaban J connectivity index is 2.14. The summed E-state index contributed by atoms with van der Waals surface area (Å²) in [5, 5.41) is 8.23. The fraction of sp³-hybridized carbons (Fsp3) is 0.188. The quantitative estimate of drug-likeness (QED) is 0.736. The van der Waals surface area contributed by atoms with Gasteiger partial charge < -0.3 is 5.32 Å². The molecule has 3 rings (SSSR count). The molecule has 1 atom stereocenters. The first-order valence-electron chi connectivity index (χ1n) is 6.59. The zero-order valence-electron chi connectivity index (χ0n) is 11.1. The lowest BCUT2D eigenvalue weighted by atomic mass is 9.96.